The van der Waals surface area contributed by atoms with E-state index in [1.54, 1.807) is 0 Å². The predicted octanol–water partition coefficient (Wildman–Crippen LogP) is -1.43. The summed E-state index contributed by atoms with van der Waals surface area (Å²) in [6.07, 6.45) is -10.5. The molecule has 118 valence electrons. The number of carbonyl (C=O) groups is 1. The largest absolute Gasteiger partial charge is 0.481 e. The van der Waals surface area contributed by atoms with E-state index in [9.17, 15) is 28.9 Å². The van der Waals surface area contributed by atoms with Crippen LogP contribution in [0.5, 0.6) is 0 Å². The summed E-state index contributed by atoms with van der Waals surface area (Å²) in [7, 11) is 0. The van der Waals surface area contributed by atoms with Crippen LogP contribution in [0.25, 0.3) is 0 Å². The van der Waals surface area contributed by atoms with E-state index in [0.717, 1.165) is 6.92 Å². The zero-order chi connectivity index (χ0) is 15.7. The van der Waals surface area contributed by atoms with E-state index >= 15 is 0 Å². The van der Waals surface area contributed by atoms with Gasteiger partial charge in [-0.25, -0.2) is 8.78 Å². The summed E-state index contributed by atoms with van der Waals surface area (Å²) in [6.45, 7) is 0.242. The van der Waals surface area contributed by atoms with E-state index in [1.165, 1.54) is 0 Å². The summed E-state index contributed by atoms with van der Waals surface area (Å²) >= 11 is 0. The monoisotopic (exact) mass is 300 g/mol. The second-order valence-electron chi connectivity index (χ2n) is 4.95. The minimum atomic E-state index is -3.74. The highest BCUT2D eigenvalue weighted by molar-refractivity contribution is 5.69. The van der Waals surface area contributed by atoms with E-state index in [1.807, 2.05) is 0 Å². The van der Waals surface area contributed by atoms with Gasteiger partial charge in [0.1, 0.15) is 30.5 Å². The molecule has 0 aromatic carbocycles. The normalized spacial score (nSPS) is 36.6. The molecule has 0 aromatic rings. The standard InChI is InChI=1S/C11H18F2O7/c1-4(10(18)19)2-11(12,13)9-8(17)7(16)6(15)5(3-14)20-9/h4-9,14-17H,2-3H2,1H3,(H,18,19)/t4?,5-,6+,7+,8-,9+/m1/s1. The molecule has 0 saturated carbocycles. The lowest BCUT2D eigenvalue weighted by Gasteiger charge is -2.43. The number of carboxylic acid groups (broad SMARTS) is 1. The zero-order valence-corrected chi connectivity index (χ0v) is 10.7. The maximum absolute atomic E-state index is 14.0. The number of carboxylic acids is 1. The van der Waals surface area contributed by atoms with Crippen LogP contribution in [0.1, 0.15) is 13.3 Å². The molecule has 1 heterocycles. The van der Waals surface area contributed by atoms with Crippen LogP contribution >= 0.6 is 0 Å². The van der Waals surface area contributed by atoms with E-state index < -0.39 is 61.4 Å². The first-order chi connectivity index (χ1) is 9.11. The fourth-order valence-corrected chi connectivity index (χ4v) is 2.06. The van der Waals surface area contributed by atoms with Crippen molar-refractivity contribution in [2.45, 2.75) is 49.8 Å². The highest BCUT2D eigenvalue weighted by Crippen LogP contribution is 2.36. The Bertz CT molecular complexity index is 350. The van der Waals surface area contributed by atoms with Gasteiger partial charge in [-0.1, -0.05) is 6.92 Å². The summed E-state index contributed by atoms with van der Waals surface area (Å²) in [5.74, 6) is -6.57. The van der Waals surface area contributed by atoms with E-state index in [0.29, 0.717) is 0 Å². The number of aliphatic hydroxyl groups excluding tert-OH is 4. The molecule has 1 unspecified atom stereocenters. The molecule has 0 bridgehead atoms. The van der Waals surface area contributed by atoms with Crippen LogP contribution in [0.4, 0.5) is 8.78 Å². The van der Waals surface area contributed by atoms with Gasteiger partial charge in [0.25, 0.3) is 5.92 Å². The predicted molar refractivity (Wildman–Crippen MR) is 60.1 cm³/mol. The fraction of sp³-hybridized carbons (Fsp3) is 0.909. The summed E-state index contributed by atoms with van der Waals surface area (Å²) in [5, 5.41) is 46.0. The number of hydrogen-bond donors (Lipinski definition) is 5. The molecule has 5 N–H and O–H groups in total. The van der Waals surface area contributed by atoms with Crippen LogP contribution < -0.4 is 0 Å². The minimum absolute atomic E-state index is 0.827. The molecule has 1 fully saturated rings. The van der Waals surface area contributed by atoms with Crippen LogP contribution in [-0.2, 0) is 9.53 Å². The van der Waals surface area contributed by atoms with E-state index in [2.05, 4.69) is 0 Å². The van der Waals surface area contributed by atoms with Gasteiger partial charge in [-0.15, -0.1) is 0 Å². The minimum Gasteiger partial charge on any atom is -0.481 e. The molecule has 0 radical (unpaired) electrons. The number of halogens is 2. The molecule has 1 aliphatic heterocycles. The third kappa shape index (κ3) is 3.41. The quantitative estimate of drug-likeness (QED) is 0.421. The number of aliphatic hydroxyl groups is 4. The Morgan fingerprint density at radius 3 is 2.25 bits per heavy atom. The molecule has 7 nitrogen and oxygen atoms in total. The second kappa shape index (κ2) is 6.27. The molecular weight excluding hydrogens is 282 g/mol. The van der Waals surface area contributed by atoms with Crippen molar-refractivity contribution in [2.24, 2.45) is 5.92 Å². The van der Waals surface area contributed by atoms with Crippen molar-refractivity contribution in [1.82, 2.24) is 0 Å². The molecule has 0 aliphatic carbocycles. The van der Waals surface area contributed by atoms with Crippen LogP contribution in [0.2, 0.25) is 0 Å². The Labute approximate surface area is 113 Å². The van der Waals surface area contributed by atoms with Crippen molar-refractivity contribution in [3.63, 3.8) is 0 Å². The Morgan fingerprint density at radius 1 is 1.25 bits per heavy atom. The summed E-state index contributed by atoms with van der Waals surface area (Å²) in [6, 6.07) is 0. The third-order valence-electron chi connectivity index (χ3n) is 3.31. The Kier molecular flexibility index (Phi) is 5.39. The maximum Gasteiger partial charge on any atom is 0.306 e. The Morgan fingerprint density at radius 2 is 1.80 bits per heavy atom. The molecule has 6 atom stereocenters. The van der Waals surface area contributed by atoms with E-state index in [-0.39, 0.29) is 0 Å². The van der Waals surface area contributed by atoms with Crippen LogP contribution in [0, 0.1) is 5.92 Å². The van der Waals surface area contributed by atoms with Gasteiger partial charge in [-0.3, -0.25) is 4.79 Å². The molecule has 1 saturated heterocycles. The van der Waals surface area contributed by atoms with Crippen LogP contribution in [0.15, 0.2) is 0 Å². The number of alkyl halides is 2. The van der Waals surface area contributed by atoms with Gasteiger partial charge < -0.3 is 30.3 Å². The lowest BCUT2D eigenvalue weighted by molar-refractivity contribution is -0.283. The third-order valence-corrected chi connectivity index (χ3v) is 3.31. The zero-order valence-electron chi connectivity index (χ0n) is 10.7. The average Bonchev–Trinajstić information content (AvgIpc) is 2.35. The molecule has 0 spiro atoms. The lowest BCUT2D eigenvalue weighted by Crippen LogP contribution is -2.63. The van der Waals surface area contributed by atoms with Crippen LogP contribution in [-0.4, -0.2) is 74.6 Å². The number of ether oxygens (including phenoxy) is 1. The topological polar surface area (TPSA) is 127 Å². The average molecular weight is 300 g/mol. The van der Waals surface area contributed by atoms with Crippen molar-refractivity contribution in [3.8, 4) is 0 Å². The van der Waals surface area contributed by atoms with Crippen molar-refractivity contribution >= 4 is 5.97 Å². The van der Waals surface area contributed by atoms with Gasteiger partial charge in [-0.2, -0.15) is 0 Å². The SMILES string of the molecule is CC(CC(F)(F)[C@H]1O[C@H](CO)[C@H](O)[C@H](O)[C@H]1O)C(=O)O. The highest BCUT2D eigenvalue weighted by atomic mass is 19.3. The van der Waals surface area contributed by atoms with E-state index in [4.69, 9.17) is 14.9 Å². The van der Waals surface area contributed by atoms with Crippen molar-refractivity contribution in [1.29, 1.82) is 0 Å². The molecule has 9 heteroatoms. The summed E-state index contributed by atoms with van der Waals surface area (Å²) in [4.78, 5) is 10.6. The molecule has 20 heavy (non-hydrogen) atoms. The van der Waals surface area contributed by atoms with Gasteiger partial charge in [0.2, 0.25) is 0 Å². The molecule has 0 aromatic heterocycles. The summed E-state index contributed by atoms with van der Waals surface area (Å²) < 4.78 is 32.6. The first kappa shape index (κ1) is 17.2. The van der Waals surface area contributed by atoms with Gasteiger partial charge in [0.05, 0.1) is 12.5 Å². The molecule has 0 amide bonds. The Balaban J connectivity index is 2.89. The highest BCUT2D eigenvalue weighted by Gasteiger charge is 2.54. The van der Waals surface area contributed by atoms with Crippen molar-refractivity contribution in [2.75, 3.05) is 6.61 Å². The maximum atomic E-state index is 14.0. The van der Waals surface area contributed by atoms with Crippen LogP contribution in [0.3, 0.4) is 0 Å². The number of rotatable bonds is 5. The first-order valence-electron chi connectivity index (χ1n) is 6.03. The van der Waals surface area contributed by atoms with Crippen molar-refractivity contribution in [3.05, 3.63) is 0 Å². The lowest BCUT2D eigenvalue weighted by atomic mass is 9.88. The van der Waals surface area contributed by atoms with Gasteiger partial charge in [-0.05, 0) is 0 Å². The summed E-state index contributed by atoms with van der Waals surface area (Å²) in [5.41, 5.74) is 0. The fourth-order valence-electron chi connectivity index (χ4n) is 2.06. The second-order valence-corrected chi connectivity index (χ2v) is 4.95. The number of hydrogen-bond acceptors (Lipinski definition) is 6. The molecule has 1 rings (SSSR count). The Hall–Kier alpha value is -0.870. The van der Waals surface area contributed by atoms with Gasteiger partial charge >= 0.3 is 5.97 Å². The molecular formula is C11H18F2O7. The molecule has 1 aliphatic rings. The first-order valence-corrected chi connectivity index (χ1v) is 6.03. The van der Waals surface area contributed by atoms with Crippen molar-refractivity contribution < 1.29 is 43.8 Å². The smallest absolute Gasteiger partial charge is 0.306 e. The van der Waals surface area contributed by atoms with Gasteiger partial charge in [0, 0.05) is 6.42 Å². The number of aliphatic carboxylic acids is 1. The van der Waals surface area contributed by atoms with Gasteiger partial charge in [0.15, 0.2) is 0 Å².